The Morgan fingerprint density at radius 1 is 0.944 bits per heavy atom. The zero-order valence-electron chi connectivity index (χ0n) is 11.1. The summed E-state index contributed by atoms with van der Waals surface area (Å²) in [4.78, 5) is 0. The lowest BCUT2D eigenvalue weighted by molar-refractivity contribution is 0.587. The van der Waals surface area contributed by atoms with Crippen molar-refractivity contribution < 1.29 is 8.83 Å². The summed E-state index contributed by atoms with van der Waals surface area (Å²) in [5, 5.41) is 2.39. The van der Waals surface area contributed by atoms with E-state index >= 15 is 0 Å². The molecular formula is C16H18O2. The van der Waals surface area contributed by atoms with Crippen molar-refractivity contribution >= 4 is 21.9 Å². The van der Waals surface area contributed by atoms with Crippen molar-refractivity contribution in [3.05, 3.63) is 35.8 Å². The lowest BCUT2D eigenvalue weighted by Crippen LogP contribution is -1.97. The molecule has 0 saturated carbocycles. The zero-order valence-corrected chi connectivity index (χ0v) is 11.1. The highest BCUT2D eigenvalue weighted by molar-refractivity contribution is 6.01. The van der Waals surface area contributed by atoms with Gasteiger partial charge >= 0.3 is 0 Å². The topological polar surface area (TPSA) is 26.3 Å². The van der Waals surface area contributed by atoms with E-state index in [0.717, 1.165) is 24.0 Å². The van der Waals surface area contributed by atoms with Crippen LogP contribution in [0.3, 0.4) is 0 Å². The standard InChI is InChI=1S/C16H18O2/c1-4-11(5-2)14-13-7-9-17-15(13)10(3)12-6-8-18-16(12)14/h6-9,11H,4-5H2,1-3H3. The van der Waals surface area contributed by atoms with E-state index in [2.05, 4.69) is 26.8 Å². The molecule has 3 rings (SSSR count). The van der Waals surface area contributed by atoms with Crippen LogP contribution >= 0.6 is 0 Å². The fraction of sp³-hybridized carbons (Fsp3) is 0.375. The van der Waals surface area contributed by atoms with Crippen LogP contribution < -0.4 is 0 Å². The van der Waals surface area contributed by atoms with Gasteiger partial charge in [-0.15, -0.1) is 0 Å². The van der Waals surface area contributed by atoms with Crippen LogP contribution in [0.2, 0.25) is 0 Å². The highest BCUT2D eigenvalue weighted by Gasteiger charge is 2.20. The highest BCUT2D eigenvalue weighted by Crippen LogP contribution is 2.39. The largest absolute Gasteiger partial charge is 0.464 e. The quantitative estimate of drug-likeness (QED) is 0.615. The number of fused-ring (bicyclic) bond motifs is 2. The summed E-state index contributed by atoms with van der Waals surface area (Å²) in [5.74, 6) is 0.527. The summed E-state index contributed by atoms with van der Waals surface area (Å²) in [6.45, 7) is 6.56. The fourth-order valence-electron chi connectivity index (χ4n) is 2.97. The van der Waals surface area contributed by atoms with Crippen molar-refractivity contribution in [3.8, 4) is 0 Å². The Morgan fingerprint density at radius 2 is 1.56 bits per heavy atom. The van der Waals surface area contributed by atoms with E-state index in [4.69, 9.17) is 8.83 Å². The average Bonchev–Trinajstić information content (AvgIpc) is 3.03. The Morgan fingerprint density at radius 3 is 2.22 bits per heavy atom. The van der Waals surface area contributed by atoms with Crippen molar-refractivity contribution in [2.75, 3.05) is 0 Å². The first-order valence-corrected chi connectivity index (χ1v) is 6.64. The van der Waals surface area contributed by atoms with E-state index in [1.165, 1.54) is 21.9 Å². The number of benzene rings is 1. The molecule has 0 spiro atoms. The van der Waals surface area contributed by atoms with Crippen LogP contribution in [0.5, 0.6) is 0 Å². The maximum absolute atomic E-state index is 5.75. The van der Waals surface area contributed by atoms with Gasteiger partial charge in [0.05, 0.1) is 12.5 Å². The van der Waals surface area contributed by atoms with Crippen molar-refractivity contribution in [1.82, 2.24) is 0 Å². The van der Waals surface area contributed by atoms with Gasteiger partial charge in [-0.3, -0.25) is 0 Å². The Labute approximate surface area is 107 Å². The van der Waals surface area contributed by atoms with Crippen molar-refractivity contribution in [2.24, 2.45) is 0 Å². The first-order chi connectivity index (χ1) is 8.77. The molecule has 0 amide bonds. The third-order valence-electron chi connectivity index (χ3n) is 4.00. The molecule has 2 nitrogen and oxygen atoms in total. The van der Waals surface area contributed by atoms with Gasteiger partial charge in [-0.1, -0.05) is 13.8 Å². The maximum atomic E-state index is 5.75. The predicted octanol–water partition coefficient (Wildman–Crippen LogP) is 5.39. The third-order valence-corrected chi connectivity index (χ3v) is 4.00. The van der Waals surface area contributed by atoms with E-state index in [0.29, 0.717) is 5.92 Å². The lowest BCUT2D eigenvalue weighted by atomic mass is 9.89. The highest BCUT2D eigenvalue weighted by atomic mass is 16.3. The number of rotatable bonds is 3. The average molecular weight is 242 g/mol. The molecule has 0 bridgehead atoms. The third kappa shape index (κ3) is 1.41. The Balaban J connectivity index is 2.47. The summed E-state index contributed by atoms with van der Waals surface area (Å²) in [6.07, 6.45) is 5.80. The van der Waals surface area contributed by atoms with E-state index in [1.54, 1.807) is 12.5 Å². The molecule has 0 radical (unpaired) electrons. The van der Waals surface area contributed by atoms with E-state index in [1.807, 2.05) is 6.07 Å². The fourth-order valence-corrected chi connectivity index (χ4v) is 2.97. The molecular weight excluding hydrogens is 224 g/mol. The van der Waals surface area contributed by atoms with Crippen molar-refractivity contribution in [3.63, 3.8) is 0 Å². The monoisotopic (exact) mass is 242 g/mol. The van der Waals surface area contributed by atoms with Crippen molar-refractivity contribution in [2.45, 2.75) is 39.5 Å². The van der Waals surface area contributed by atoms with Crippen molar-refractivity contribution in [1.29, 1.82) is 0 Å². The summed E-state index contributed by atoms with van der Waals surface area (Å²) in [6, 6.07) is 4.11. The first kappa shape index (κ1) is 11.4. The summed E-state index contributed by atoms with van der Waals surface area (Å²) in [5.41, 5.74) is 4.53. The molecule has 0 unspecified atom stereocenters. The minimum absolute atomic E-state index is 0.527. The number of hydrogen-bond donors (Lipinski definition) is 0. The molecule has 1 aromatic carbocycles. The van der Waals surface area contributed by atoms with Gasteiger partial charge in [0.25, 0.3) is 0 Å². The molecule has 0 fully saturated rings. The van der Waals surface area contributed by atoms with Gasteiger partial charge in [0.2, 0.25) is 0 Å². The van der Waals surface area contributed by atoms with Gasteiger partial charge in [0.15, 0.2) is 0 Å². The number of hydrogen-bond acceptors (Lipinski definition) is 2. The van der Waals surface area contributed by atoms with Gasteiger partial charge in [0, 0.05) is 21.9 Å². The van der Waals surface area contributed by atoms with Crippen LogP contribution in [-0.2, 0) is 0 Å². The molecule has 2 heteroatoms. The van der Waals surface area contributed by atoms with Gasteiger partial charge < -0.3 is 8.83 Å². The second-order valence-electron chi connectivity index (χ2n) is 4.88. The molecule has 94 valence electrons. The predicted molar refractivity (Wildman–Crippen MR) is 74.0 cm³/mol. The second kappa shape index (κ2) is 4.20. The number of aryl methyl sites for hydroxylation is 1. The minimum Gasteiger partial charge on any atom is -0.464 e. The molecule has 2 aromatic heterocycles. The smallest absolute Gasteiger partial charge is 0.138 e. The van der Waals surface area contributed by atoms with Gasteiger partial charge in [-0.05, 0) is 37.8 Å². The van der Waals surface area contributed by atoms with E-state index < -0.39 is 0 Å². The van der Waals surface area contributed by atoms with E-state index in [9.17, 15) is 0 Å². The molecule has 0 aliphatic heterocycles. The Bertz CT molecular complexity index is 632. The van der Waals surface area contributed by atoms with Gasteiger partial charge in [0.1, 0.15) is 11.2 Å². The normalized spacial score (nSPS) is 12.0. The van der Waals surface area contributed by atoms with Crippen LogP contribution in [0.4, 0.5) is 0 Å². The second-order valence-corrected chi connectivity index (χ2v) is 4.88. The summed E-state index contributed by atoms with van der Waals surface area (Å²) < 4.78 is 11.4. The lowest BCUT2D eigenvalue weighted by Gasteiger charge is -2.15. The molecule has 0 N–H and O–H groups in total. The van der Waals surface area contributed by atoms with Crippen LogP contribution in [0, 0.1) is 6.92 Å². The molecule has 0 atom stereocenters. The Kier molecular flexibility index (Phi) is 2.66. The zero-order chi connectivity index (χ0) is 12.7. The number of furan rings is 2. The molecule has 2 heterocycles. The first-order valence-electron chi connectivity index (χ1n) is 6.64. The summed E-state index contributed by atoms with van der Waals surface area (Å²) in [7, 11) is 0. The SMILES string of the molecule is CCC(CC)c1c2ccoc2c(C)c2ccoc12. The summed E-state index contributed by atoms with van der Waals surface area (Å²) >= 11 is 0. The molecule has 0 aliphatic carbocycles. The van der Waals surface area contributed by atoms with Crippen LogP contribution in [0.15, 0.2) is 33.5 Å². The van der Waals surface area contributed by atoms with Crippen LogP contribution in [0.25, 0.3) is 21.9 Å². The molecule has 0 aliphatic rings. The van der Waals surface area contributed by atoms with Crippen LogP contribution in [-0.4, -0.2) is 0 Å². The van der Waals surface area contributed by atoms with Gasteiger partial charge in [-0.25, -0.2) is 0 Å². The minimum atomic E-state index is 0.527. The maximum Gasteiger partial charge on any atom is 0.138 e. The van der Waals surface area contributed by atoms with E-state index in [-0.39, 0.29) is 0 Å². The van der Waals surface area contributed by atoms with Crippen LogP contribution in [0.1, 0.15) is 43.7 Å². The molecule has 0 saturated heterocycles. The Hall–Kier alpha value is -1.70. The molecule has 18 heavy (non-hydrogen) atoms. The van der Waals surface area contributed by atoms with Gasteiger partial charge in [-0.2, -0.15) is 0 Å². The molecule has 3 aromatic rings.